The number of amides is 1. The molecule has 6 heteroatoms. The summed E-state index contributed by atoms with van der Waals surface area (Å²) in [5.41, 5.74) is 0.101. The monoisotopic (exact) mass is 315 g/mol. The SMILES string of the molecule is CCN(C)C(=O)COc1ccc(Br)c(C(=O)O)c1. The lowest BCUT2D eigenvalue weighted by molar-refractivity contribution is -0.131. The molecule has 0 bridgehead atoms. The van der Waals surface area contributed by atoms with Crippen molar-refractivity contribution < 1.29 is 19.4 Å². The smallest absolute Gasteiger partial charge is 0.336 e. The van der Waals surface area contributed by atoms with E-state index in [9.17, 15) is 9.59 Å². The average molecular weight is 316 g/mol. The van der Waals surface area contributed by atoms with E-state index in [1.165, 1.54) is 11.0 Å². The van der Waals surface area contributed by atoms with Crippen LogP contribution in [0.5, 0.6) is 5.75 Å². The lowest BCUT2D eigenvalue weighted by atomic mass is 10.2. The fourth-order valence-electron chi connectivity index (χ4n) is 1.19. The second-order valence-electron chi connectivity index (χ2n) is 3.64. The molecule has 0 aliphatic heterocycles. The summed E-state index contributed by atoms with van der Waals surface area (Å²) in [6.07, 6.45) is 0. The van der Waals surface area contributed by atoms with Gasteiger partial charge in [-0.1, -0.05) is 0 Å². The number of nitrogens with zero attached hydrogens (tertiary/aromatic N) is 1. The summed E-state index contributed by atoms with van der Waals surface area (Å²) in [7, 11) is 1.68. The molecule has 1 amide bonds. The first-order chi connectivity index (χ1) is 8.45. The molecule has 0 heterocycles. The van der Waals surface area contributed by atoms with E-state index in [2.05, 4.69) is 15.9 Å². The summed E-state index contributed by atoms with van der Waals surface area (Å²) in [6, 6.07) is 4.56. The number of benzene rings is 1. The fraction of sp³-hybridized carbons (Fsp3) is 0.333. The summed E-state index contributed by atoms with van der Waals surface area (Å²) in [6.45, 7) is 2.36. The van der Waals surface area contributed by atoms with Gasteiger partial charge in [-0.05, 0) is 41.1 Å². The van der Waals surface area contributed by atoms with Gasteiger partial charge >= 0.3 is 5.97 Å². The molecular weight excluding hydrogens is 302 g/mol. The summed E-state index contributed by atoms with van der Waals surface area (Å²) in [5, 5.41) is 8.93. The Morgan fingerprint density at radius 2 is 2.11 bits per heavy atom. The first kappa shape index (κ1) is 14.5. The third-order valence-corrected chi connectivity index (χ3v) is 3.12. The van der Waals surface area contributed by atoms with Crippen LogP contribution in [-0.2, 0) is 4.79 Å². The van der Waals surface area contributed by atoms with Gasteiger partial charge in [0.25, 0.3) is 5.91 Å². The van der Waals surface area contributed by atoms with E-state index in [1.54, 1.807) is 19.2 Å². The van der Waals surface area contributed by atoms with Crippen LogP contribution >= 0.6 is 15.9 Å². The molecule has 1 aromatic carbocycles. The molecule has 1 N–H and O–H groups in total. The van der Waals surface area contributed by atoms with E-state index in [-0.39, 0.29) is 18.1 Å². The highest BCUT2D eigenvalue weighted by molar-refractivity contribution is 9.10. The van der Waals surface area contributed by atoms with Crippen LogP contribution in [0.15, 0.2) is 22.7 Å². The van der Waals surface area contributed by atoms with Crippen molar-refractivity contribution in [1.29, 1.82) is 0 Å². The Balaban J connectivity index is 2.72. The number of carboxylic acids is 1. The molecule has 0 saturated heterocycles. The van der Waals surface area contributed by atoms with Gasteiger partial charge in [0.05, 0.1) is 5.56 Å². The number of likely N-dealkylation sites (N-methyl/N-ethyl adjacent to an activating group) is 1. The lowest BCUT2D eigenvalue weighted by Gasteiger charge is -2.15. The molecule has 1 aromatic rings. The Labute approximate surface area is 113 Å². The molecule has 0 saturated carbocycles. The maximum Gasteiger partial charge on any atom is 0.336 e. The van der Waals surface area contributed by atoms with Crippen molar-refractivity contribution in [2.75, 3.05) is 20.2 Å². The van der Waals surface area contributed by atoms with E-state index in [0.29, 0.717) is 16.8 Å². The number of rotatable bonds is 5. The molecule has 98 valence electrons. The summed E-state index contributed by atoms with van der Waals surface area (Å²) in [5.74, 6) is -0.852. The van der Waals surface area contributed by atoms with Gasteiger partial charge in [-0.3, -0.25) is 4.79 Å². The van der Waals surface area contributed by atoms with Crippen LogP contribution in [0.2, 0.25) is 0 Å². The van der Waals surface area contributed by atoms with E-state index in [1.807, 2.05) is 6.92 Å². The zero-order chi connectivity index (χ0) is 13.7. The fourth-order valence-corrected chi connectivity index (χ4v) is 1.61. The van der Waals surface area contributed by atoms with Crippen molar-refractivity contribution in [3.8, 4) is 5.75 Å². The maximum atomic E-state index is 11.5. The van der Waals surface area contributed by atoms with Crippen molar-refractivity contribution >= 4 is 27.8 Å². The number of carboxylic acid groups (broad SMARTS) is 1. The standard InChI is InChI=1S/C12H14BrNO4/c1-3-14(2)11(15)7-18-8-4-5-10(13)9(6-8)12(16)17/h4-6H,3,7H2,1-2H3,(H,16,17). The third kappa shape index (κ3) is 3.73. The topological polar surface area (TPSA) is 66.8 Å². The van der Waals surface area contributed by atoms with Crippen molar-refractivity contribution in [1.82, 2.24) is 4.90 Å². The van der Waals surface area contributed by atoms with Crippen LogP contribution in [0, 0.1) is 0 Å². The molecule has 0 radical (unpaired) electrons. The number of carbonyl (C=O) groups is 2. The summed E-state index contributed by atoms with van der Waals surface area (Å²) in [4.78, 5) is 23.9. The number of ether oxygens (including phenoxy) is 1. The van der Waals surface area contributed by atoms with Gasteiger partial charge in [0.15, 0.2) is 6.61 Å². The highest BCUT2D eigenvalue weighted by Crippen LogP contribution is 2.22. The van der Waals surface area contributed by atoms with Crippen LogP contribution in [0.4, 0.5) is 0 Å². The molecule has 0 aliphatic rings. The number of hydrogen-bond donors (Lipinski definition) is 1. The molecule has 5 nitrogen and oxygen atoms in total. The van der Waals surface area contributed by atoms with E-state index >= 15 is 0 Å². The second kappa shape index (κ2) is 6.39. The minimum atomic E-state index is -1.05. The van der Waals surface area contributed by atoms with Gasteiger partial charge in [0.1, 0.15) is 5.75 Å². The van der Waals surface area contributed by atoms with E-state index in [4.69, 9.17) is 9.84 Å². The predicted octanol–water partition coefficient (Wildman–Crippen LogP) is 2.00. The Hall–Kier alpha value is -1.56. The van der Waals surface area contributed by atoms with E-state index in [0.717, 1.165) is 0 Å². The Kier molecular flexibility index (Phi) is 5.15. The maximum absolute atomic E-state index is 11.5. The van der Waals surface area contributed by atoms with Crippen LogP contribution in [0.25, 0.3) is 0 Å². The van der Waals surface area contributed by atoms with Crippen molar-refractivity contribution in [2.45, 2.75) is 6.92 Å². The van der Waals surface area contributed by atoms with E-state index < -0.39 is 5.97 Å². The van der Waals surface area contributed by atoms with Gasteiger partial charge in [-0.15, -0.1) is 0 Å². The summed E-state index contributed by atoms with van der Waals surface area (Å²) < 4.78 is 5.73. The molecule has 18 heavy (non-hydrogen) atoms. The van der Waals surface area contributed by atoms with Gasteiger partial charge in [-0.2, -0.15) is 0 Å². The lowest BCUT2D eigenvalue weighted by Crippen LogP contribution is -2.31. The highest BCUT2D eigenvalue weighted by Gasteiger charge is 2.11. The third-order valence-electron chi connectivity index (χ3n) is 2.43. The number of carbonyl (C=O) groups excluding carboxylic acids is 1. The van der Waals surface area contributed by atoms with Crippen LogP contribution in [0.3, 0.4) is 0 Å². The normalized spacial score (nSPS) is 9.94. The van der Waals surface area contributed by atoms with Gasteiger partial charge in [0.2, 0.25) is 0 Å². The van der Waals surface area contributed by atoms with Crippen LogP contribution < -0.4 is 4.74 Å². The first-order valence-electron chi connectivity index (χ1n) is 5.35. The molecule has 0 unspecified atom stereocenters. The Bertz CT molecular complexity index is 461. The second-order valence-corrected chi connectivity index (χ2v) is 4.50. The van der Waals surface area contributed by atoms with Crippen LogP contribution in [-0.4, -0.2) is 42.1 Å². The quantitative estimate of drug-likeness (QED) is 0.902. The van der Waals surface area contributed by atoms with Gasteiger partial charge < -0.3 is 14.7 Å². The van der Waals surface area contributed by atoms with Crippen LogP contribution in [0.1, 0.15) is 17.3 Å². The average Bonchev–Trinajstić information content (AvgIpc) is 2.36. The number of aromatic carboxylic acids is 1. The zero-order valence-corrected chi connectivity index (χ0v) is 11.7. The van der Waals surface area contributed by atoms with Crippen molar-refractivity contribution in [3.05, 3.63) is 28.2 Å². The molecule has 0 fully saturated rings. The molecule has 0 aromatic heterocycles. The Morgan fingerprint density at radius 3 is 2.67 bits per heavy atom. The highest BCUT2D eigenvalue weighted by atomic mass is 79.9. The minimum Gasteiger partial charge on any atom is -0.484 e. The minimum absolute atomic E-state index is 0.101. The molecule has 1 rings (SSSR count). The number of hydrogen-bond acceptors (Lipinski definition) is 3. The molecule has 0 spiro atoms. The predicted molar refractivity (Wildman–Crippen MR) is 69.9 cm³/mol. The van der Waals surface area contributed by atoms with Gasteiger partial charge in [-0.25, -0.2) is 4.79 Å². The Morgan fingerprint density at radius 1 is 1.44 bits per heavy atom. The molecular formula is C12H14BrNO4. The zero-order valence-electron chi connectivity index (χ0n) is 10.1. The van der Waals surface area contributed by atoms with Gasteiger partial charge in [0, 0.05) is 18.1 Å². The molecule has 0 atom stereocenters. The number of halogens is 1. The van der Waals surface area contributed by atoms with Crippen molar-refractivity contribution in [3.63, 3.8) is 0 Å². The largest absolute Gasteiger partial charge is 0.484 e. The van der Waals surface area contributed by atoms with Crippen molar-refractivity contribution in [2.24, 2.45) is 0 Å². The first-order valence-corrected chi connectivity index (χ1v) is 6.14. The molecule has 0 aliphatic carbocycles. The summed E-state index contributed by atoms with van der Waals surface area (Å²) >= 11 is 3.13.